The van der Waals surface area contributed by atoms with Crippen LogP contribution in [-0.2, 0) is 29.1 Å². The number of halogens is 2. The Morgan fingerprint density at radius 3 is 2.69 bits per heavy atom. The summed E-state index contributed by atoms with van der Waals surface area (Å²) in [6.07, 6.45) is 0.400. The molecule has 3 saturated heterocycles. The Labute approximate surface area is 165 Å². The van der Waals surface area contributed by atoms with Crippen molar-refractivity contribution in [3.63, 3.8) is 0 Å². The van der Waals surface area contributed by atoms with Crippen molar-refractivity contribution in [1.29, 1.82) is 0 Å². The third kappa shape index (κ3) is 4.92. The Morgan fingerprint density at radius 2 is 2.07 bits per heavy atom. The fourth-order valence-electron chi connectivity index (χ4n) is 3.64. The van der Waals surface area contributed by atoms with Crippen LogP contribution in [0.5, 0.6) is 0 Å². The fraction of sp³-hybridized carbons (Fsp3) is 0.857. The van der Waals surface area contributed by atoms with E-state index in [0.29, 0.717) is 13.2 Å². The first kappa shape index (κ1) is 22.0. The molecule has 0 aromatic rings. The van der Waals surface area contributed by atoms with E-state index in [1.54, 1.807) is 0 Å². The van der Waals surface area contributed by atoms with Crippen LogP contribution < -0.4 is 11.2 Å². The number of hydrogen-bond donors (Lipinski definition) is 3. The largest absolute Gasteiger partial charge is 0.418 e. The topological polar surface area (TPSA) is 161 Å². The maximum atomic E-state index is 14.4. The van der Waals surface area contributed by atoms with Crippen LogP contribution in [-0.4, -0.2) is 85.3 Å². The minimum absolute atomic E-state index is 0.0614. The molecule has 0 aromatic heterocycles. The van der Waals surface area contributed by atoms with Gasteiger partial charge in [0.2, 0.25) is 0 Å². The molecule has 29 heavy (non-hydrogen) atoms. The number of nitrogens with two attached hydrogens (primary N) is 1. The summed E-state index contributed by atoms with van der Waals surface area (Å²) in [6.45, 7) is 0.416. The monoisotopic (exact) mass is 444 g/mol. The number of alkyl halides is 2. The zero-order valence-electron chi connectivity index (χ0n) is 15.2. The highest BCUT2D eigenvalue weighted by atomic mass is 32.3. The minimum Gasteiger partial charge on any atom is -0.381 e. The number of hydrogen-bond acceptors (Lipinski definition) is 8. The molecule has 1 unspecified atom stereocenters. The van der Waals surface area contributed by atoms with Crippen LogP contribution in [0.3, 0.4) is 0 Å². The molecule has 3 rings (SSSR count). The van der Waals surface area contributed by atoms with Gasteiger partial charge in [0.25, 0.3) is 11.8 Å². The van der Waals surface area contributed by atoms with Gasteiger partial charge in [0.15, 0.2) is 0 Å². The SMILES string of the molecule is NC(CONC(=O)[C@@H]1CC(F)(F)[C@@H]2CN1C(=O)N2OS(=O)(=O)O)C1CCOCC1. The van der Waals surface area contributed by atoms with E-state index in [1.165, 1.54) is 0 Å². The molecule has 15 heteroatoms. The molecule has 3 atom stereocenters. The van der Waals surface area contributed by atoms with Gasteiger partial charge in [0.1, 0.15) is 12.1 Å². The van der Waals surface area contributed by atoms with Gasteiger partial charge in [-0.05, 0) is 18.8 Å². The Balaban J connectivity index is 1.59. The van der Waals surface area contributed by atoms with E-state index in [1.807, 2.05) is 5.48 Å². The van der Waals surface area contributed by atoms with Crippen molar-refractivity contribution in [3.05, 3.63) is 0 Å². The predicted octanol–water partition coefficient (Wildman–Crippen LogP) is -0.964. The van der Waals surface area contributed by atoms with Crippen molar-refractivity contribution < 1.29 is 45.2 Å². The Hall–Kier alpha value is -1.65. The molecule has 3 fully saturated rings. The van der Waals surface area contributed by atoms with E-state index in [-0.39, 0.29) is 17.6 Å². The van der Waals surface area contributed by atoms with Crippen molar-refractivity contribution in [2.24, 2.45) is 11.7 Å². The molecule has 3 aliphatic heterocycles. The molecular weight excluding hydrogens is 422 g/mol. The smallest absolute Gasteiger partial charge is 0.381 e. The average Bonchev–Trinajstić information content (AvgIpc) is 2.92. The second kappa shape index (κ2) is 8.23. The standard InChI is InChI=1S/C14H22F2N4O8S/c15-14(16)5-10(19-6-11(14)20(13(19)22)28-29(23,24)25)12(21)18-27-7-9(17)8-1-3-26-4-2-8/h8-11H,1-7,17H2,(H,18,21)(H,23,24,25)/t9?,10-,11-/m0/s1. The number of nitrogens with zero attached hydrogens (tertiary/aromatic N) is 2. The lowest BCUT2D eigenvalue weighted by molar-refractivity contribution is -0.159. The molecule has 0 aliphatic carbocycles. The molecule has 0 spiro atoms. The van der Waals surface area contributed by atoms with Crippen molar-refractivity contribution in [2.75, 3.05) is 26.4 Å². The van der Waals surface area contributed by atoms with E-state index in [0.717, 1.165) is 17.7 Å². The van der Waals surface area contributed by atoms with Crippen LogP contribution >= 0.6 is 0 Å². The molecule has 166 valence electrons. The normalized spacial score (nSPS) is 28.5. The van der Waals surface area contributed by atoms with Crippen LogP contribution in [0.1, 0.15) is 19.3 Å². The molecule has 2 bridgehead atoms. The summed E-state index contributed by atoms with van der Waals surface area (Å²) in [5.74, 6) is -4.52. The lowest BCUT2D eigenvalue weighted by Gasteiger charge is -2.34. The molecule has 12 nitrogen and oxygen atoms in total. The molecular formula is C14H22F2N4O8S. The van der Waals surface area contributed by atoms with Gasteiger partial charge in [0, 0.05) is 25.7 Å². The van der Waals surface area contributed by atoms with Crippen molar-refractivity contribution in [2.45, 2.75) is 43.3 Å². The third-order valence-electron chi connectivity index (χ3n) is 5.21. The summed E-state index contributed by atoms with van der Waals surface area (Å²) in [5, 5.41) is -0.134. The van der Waals surface area contributed by atoms with Crippen LogP contribution in [0.2, 0.25) is 0 Å². The Morgan fingerprint density at radius 1 is 1.41 bits per heavy atom. The maximum Gasteiger partial charge on any atom is 0.418 e. The maximum absolute atomic E-state index is 14.4. The molecule has 4 N–H and O–H groups in total. The van der Waals surface area contributed by atoms with E-state index < -0.39 is 59.4 Å². The van der Waals surface area contributed by atoms with Crippen molar-refractivity contribution >= 4 is 22.3 Å². The van der Waals surface area contributed by atoms with Crippen LogP contribution in [0.25, 0.3) is 0 Å². The van der Waals surface area contributed by atoms with Gasteiger partial charge in [-0.3, -0.25) is 14.2 Å². The number of ether oxygens (including phenoxy) is 1. The number of piperidine rings is 1. The Kier molecular flexibility index (Phi) is 6.26. The quantitative estimate of drug-likeness (QED) is 0.332. The van der Waals surface area contributed by atoms with E-state index >= 15 is 0 Å². The lowest BCUT2D eigenvalue weighted by Crippen LogP contribution is -2.56. The number of nitrogens with one attached hydrogen (secondary N) is 1. The number of rotatable bonds is 7. The van der Waals surface area contributed by atoms with Crippen LogP contribution in [0.4, 0.5) is 13.6 Å². The van der Waals surface area contributed by atoms with Gasteiger partial charge >= 0.3 is 16.4 Å². The number of amides is 3. The first-order valence-corrected chi connectivity index (χ1v) is 10.3. The average molecular weight is 444 g/mol. The van der Waals surface area contributed by atoms with Crippen LogP contribution in [0, 0.1) is 5.92 Å². The molecule has 3 amide bonds. The second-order valence-corrected chi connectivity index (χ2v) is 8.16. The zero-order chi connectivity index (χ0) is 21.4. The summed E-state index contributed by atoms with van der Waals surface area (Å²) in [5.41, 5.74) is 8.02. The Bertz CT molecular complexity index is 748. The highest BCUT2D eigenvalue weighted by Gasteiger charge is 2.62. The summed E-state index contributed by atoms with van der Waals surface area (Å²) in [4.78, 5) is 30.3. The van der Waals surface area contributed by atoms with Gasteiger partial charge in [-0.2, -0.15) is 13.5 Å². The number of fused-ring (bicyclic) bond motifs is 2. The minimum atomic E-state index is -5.20. The highest BCUT2D eigenvalue weighted by Crippen LogP contribution is 2.41. The van der Waals surface area contributed by atoms with Gasteiger partial charge in [-0.15, -0.1) is 4.28 Å². The first-order valence-electron chi connectivity index (χ1n) is 8.89. The lowest BCUT2D eigenvalue weighted by atomic mass is 9.93. The van der Waals surface area contributed by atoms with Crippen LogP contribution in [0.15, 0.2) is 0 Å². The molecule has 3 heterocycles. The summed E-state index contributed by atoms with van der Waals surface area (Å²) in [7, 11) is -5.20. The highest BCUT2D eigenvalue weighted by molar-refractivity contribution is 7.80. The molecule has 0 aromatic carbocycles. The van der Waals surface area contributed by atoms with Crippen molar-refractivity contribution in [3.8, 4) is 0 Å². The number of carbonyl (C=O) groups is 2. The van der Waals surface area contributed by atoms with Gasteiger partial charge < -0.3 is 15.4 Å². The number of carbonyl (C=O) groups excluding carboxylic acids is 2. The van der Waals surface area contributed by atoms with E-state index in [2.05, 4.69) is 4.28 Å². The van der Waals surface area contributed by atoms with Gasteiger partial charge in [0.05, 0.1) is 13.2 Å². The first-order chi connectivity index (χ1) is 13.5. The predicted molar refractivity (Wildman–Crippen MR) is 89.3 cm³/mol. The third-order valence-corrected chi connectivity index (χ3v) is 5.56. The molecule has 3 aliphatic rings. The number of hydroxylamine groups is 3. The summed E-state index contributed by atoms with van der Waals surface area (Å²) in [6, 6.07) is -5.28. The zero-order valence-corrected chi connectivity index (χ0v) is 16.0. The summed E-state index contributed by atoms with van der Waals surface area (Å²) < 4.78 is 68.3. The van der Waals surface area contributed by atoms with Gasteiger partial charge in [-0.1, -0.05) is 0 Å². The fourth-order valence-corrected chi connectivity index (χ4v) is 4.02. The molecule has 0 radical (unpaired) electrons. The van der Waals surface area contributed by atoms with Gasteiger partial charge in [-0.25, -0.2) is 19.1 Å². The van der Waals surface area contributed by atoms with E-state index in [9.17, 15) is 26.8 Å². The van der Waals surface area contributed by atoms with Crippen molar-refractivity contribution in [1.82, 2.24) is 15.4 Å². The molecule has 0 saturated carbocycles. The van der Waals surface area contributed by atoms with E-state index in [4.69, 9.17) is 19.9 Å². The second-order valence-electron chi connectivity index (χ2n) is 7.15. The number of urea groups is 1. The summed E-state index contributed by atoms with van der Waals surface area (Å²) >= 11 is 0.